The Morgan fingerprint density at radius 2 is 1.76 bits per heavy atom. The molecule has 17 heavy (non-hydrogen) atoms. The molecule has 2 N–H and O–H groups in total. The van der Waals surface area contributed by atoms with E-state index in [1.165, 1.54) is 24.3 Å². The van der Waals surface area contributed by atoms with Gasteiger partial charge in [0.05, 0.1) is 12.1 Å². The minimum atomic E-state index is -0.835. The zero-order valence-corrected chi connectivity index (χ0v) is 10.3. The molecule has 94 valence electrons. The van der Waals surface area contributed by atoms with Gasteiger partial charge >= 0.3 is 0 Å². The van der Waals surface area contributed by atoms with E-state index in [1.54, 1.807) is 20.8 Å². The lowest BCUT2D eigenvalue weighted by Gasteiger charge is -2.21. The van der Waals surface area contributed by atoms with Gasteiger partial charge in [-0.3, -0.25) is 4.79 Å². The number of aliphatic hydroxyl groups excluding tert-OH is 1. The fraction of sp³-hybridized carbons (Fsp3) is 0.462. The molecule has 0 aliphatic carbocycles. The lowest BCUT2D eigenvalue weighted by molar-refractivity contribution is -0.125. The van der Waals surface area contributed by atoms with E-state index in [-0.39, 0.29) is 17.6 Å². The van der Waals surface area contributed by atoms with Gasteiger partial charge in [-0.2, -0.15) is 0 Å². The molecule has 0 saturated heterocycles. The largest absolute Gasteiger partial charge is 0.386 e. The summed E-state index contributed by atoms with van der Waals surface area (Å²) in [5.74, 6) is -0.587. The Labute approximate surface area is 101 Å². The summed E-state index contributed by atoms with van der Waals surface area (Å²) < 4.78 is 12.7. The highest BCUT2D eigenvalue weighted by Crippen LogP contribution is 2.17. The summed E-state index contributed by atoms with van der Waals surface area (Å²) in [4.78, 5) is 11.5. The number of hydrogen-bond donors (Lipinski definition) is 2. The van der Waals surface area contributed by atoms with Crippen LogP contribution in [0.15, 0.2) is 24.3 Å². The Morgan fingerprint density at radius 1 is 1.24 bits per heavy atom. The van der Waals surface area contributed by atoms with E-state index < -0.39 is 12.1 Å². The van der Waals surface area contributed by atoms with Crippen molar-refractivity contribution in [3.05, 3.63) is 35.6 Å². The molecule has 1 amide bonds. The quantitative estimate of drug-likeness (QED) is 0.844. The van der Waals surface area contributed by atoms with Crippen molar-refractivity contribution in [3.63, 3.8) is 0 Å². The van der Waals surface area contributed by atoms with Crippen LogP contribution in [0, 0.1) is 11.7 Å². The van der Waals surface area contributed by atoms with Gasteiger partial charge in [0.25, 0.3) is 0 Å². The zero-order valence-electron chi connectivity index (χ0n) is 10.3. The molecule has 1 rings (SSSR count). The number of benzene rings is 1. The predicted molar refractivity (Wildman–Crippen MR) is 63.8 cm³/mol. The van der Waals surface area contributed by atoms with Crippen molar-refractivity contribution in [1.29, 1.82) is 0 Å². The molecule has 0 fully saturated rings. The molecule has 0 bridgehead atoms. The van der Waals surface area contributed by atoms with Crippen molar-refractivity contribution in [2.24, 2.45) is 5.92 Å². The fourth-order valence-corrected chi connectivity index (χ4v) is 1.42. The lowest BCUT2D eigenvalue weighted by atomic mass is 10.0. The van der Waals surface area contributed by atoms with Crippen LogP contribution in [0.3, 0.4) is 0 Å². The molecule has 0 spiro atoms. The Kier molecular flexibility index (Phi) is 4.63. The Hall–Kier alpha value is -1.42. The van der Waals surface area contributed by atoms with Crippen LogP contribution >= 0.6 is 0 Å². The van der Waals surface area contributed by atoms with Crippen LogP contribution in [0.25, 0.3) is 0 Å². The van der Waals surface area contributed by atoms with Crippen LogP contribution in [0.4, 0.5) is 4.39 Å². The van der Waals surface area contributed by atoms with Crippen LogP contribution in [0.1, 0.15) is 32.4 Å². The first-order valence-corrected chi connectivity index (χ1v) is 5.65. The third-order valence-electron chi connectivity index (χ3n) is 2.58. The minimum Gasteiger partial charge on any atom is -0.386 e. The highest BCUT2D eigenvalue weighted by molar-refractivity contribution is 5.78. The molecule has 0 aromatic heterocycles. The van der Waals surface area contributed by atoms with Crippen molar-refractivity contribution >= 4 is 5.91 Å². The maximum absolute atomic E-state index is 12.7. The molecule has 0 radical (unpaired) electrons. The maximum atomic E-state index is 12.7. The zero-order chi connectivity index (χ0) is 13.0. The topological polar surface area (TPSA) is 49.3 Å². The maximum Gasteiger partial charge on any atom is 0.222 e. The van der Waals surface area contributed by atoms with Gasteiger partial charge in [0.15, 0.2) is 0 Å². The number of carbonyl (C=O) groups is 1. The van der Waals surface area contributed by atoms with Crippen LogP contribution in [0.5, 0.6) is 0 Å². The van der Waals surface area contributed by atoms with Gasteiger partial charge in [0.1, 0.15) is 5.82 Å². The van der Waals surface area contributed by atoms with Gasteiger partial charge in [0, 0.05) is 5.92 Å². The van der Waals surface area contributed by atoms with Crippen LogP contribution < -0.4 is 5.32 Å². The average molecular weight is 239 g/mol. The molecule has 2 unspecified atom stereocenters. The molecule has 0 aliphatic heterocycles. The summed E-state index contributed by atoms with van der Waals surface area (Å²) in [6.07, 6.45) is -0.835. The number of halogens is 1. The first-order valence-electron chi connectivity index (χ1n) is 5.65. The Balaban J connectivity index is 2.66. The lowest BCUT2D eigenvalue weighted by Crippen LogP contribution is -2.39. The van der Waals surface area contributed by atoms with E-state index in [9.17, 15) is 14.3 Å². The van der Waals surface area contributed by atoms with E-state index in [0.29, 0.717) is 5.56 Å². The molecule has 0 aliphatic rings. The van der Waals surface area contributed by atoms with Crippen molar-refractivity contribution in [2.45, 2.75) is 32.9 Å². The highest BCUT2D eigenvalue weighted by Gasteiger charge is 2.19. The summed E-state index contributed by atoms with van der Waals surface area (Å²) in [7, 11) is 0. The summed E-state index contributed by atoms with van der Waals surface area (Å²) in [6, 6.07) is 5.19. The Bertz CT molecular complexity index is 376. The second-order valence-corrected chi connectivity index (χ2v) is 4.45. The van der Waals surface area contributed by atoms with Gasteiger partial charge in [-0.25, -0.2) is 4.39 Å². The van der Waals surface area contributed by atoms with Crippen molar-refractivity contribution < 1.29 is 14.3 Å². The summed E-state index contributed by atoms with van der Waals surface area (Å²) in [5, 5.41) is 12.7. The number of aliphatic hydroxyl groups is 1. The smallest absolute Gasteiger partial charge is 0.222 e. The van der Waals surface area contributed by atoms with E-state index in [1.807, 2.05) is 0 Å². The number of hydrogen-bond acceptors (Lipinski definition) is 2. The normalized spacial score (nSPS) is 14.5. The third-order valence-corrected chi connectivity index (χ3v) is 2.58. The van der Waals surface area contributed by atoms with Gasteiger partial charge < -0.3 is 10.4 Å². The second-order valence-electron chi connectivity index (χ2n) is 4.45. The molecule has 4 heteroatoms. The van der Waals surface area contributed by atoms with Crippen molar-refractivity contribution in [1.82, 2.24) is 5.32 Å². The average Bonchev–Trinajstić information content (AvgIpc) is 2.28. The number of carbonyl (C=O) groups excluding carboxylic acids is 1. The molecule has 3 nitrogen and oxygen atoms in total. The van der Waals surface area contributed by atoms with Crippen molar-refractivity contribution in [3.8, 4) is 0 Å². The number of rotatable bonds is 4. The molecule has 0 heterocycles. The summed E-state index contributed by atoms with van der Waals surface area (Å²) >= 11 is 0. The number of amides is 1. The predicted octanol–water partition coefficient (Wildman–Crippen LogP) is 2.02. The fourth-order valence-electron chi connectivity index (χ4n) is 1.42. The van der Waals surface area contributed by atoms with E-state index in [2.05, 4.69) is 5.32 Å². The molecular formula is C13H18FNO2. The Morgan fingerprint density at radius 3 is 2.24 bits per heavy atom. The molecule has 0 saturated carbocycles. The SMILES string of the molecule is CC(C)C(=O)NC(C)C(O)c1ccc(F)cc1. The summed E-state index contributed by atoms with van der Waals surface area (Å²) in [5.41, 5.74) is 0.586. The monoisotopic (exact) mass is 239 g/mol. The van der Waals surface area contributed by atoms with Crippen LogP contribution in [-0.4, -0.2) is 17.1 Å². The third kappa shape index (κ3) is 3.82. The van der Waals surface area contributed by atoms with Gasteiger partial charge in [-0.1, -0.05) is 26.0 Å². The second kappa shape index (κ2) is 5.77. The van der Waals surface area contributed by atoms with E-state index >= 15 is 0 Å². The number of nitrogens with one attached hydrogen (secondary N) is 1. The standard InChI is InChI=1S/C13H18FNO2/c1-8(2)13(17)15-9(3)12(16)10-4-6-11(14)7-5-10/h4-9,12,16H,1-3H3,(H,15,17). The van der Waals surface area contributed by atoms with Gasteiger partial charge in [-0.15, -0.1) is 0 Å². The highest BCUT2D eigenvalue weighted by atomic mass is 19.1. The molecule has 1 aromatic carbocycles. The van der Waals surface area contributed by atoms with E-state index in [0.717, 1.165) is 0 Å². The van der Waals surface area contributed by atoms with Crippen LogP contribution in [-0.2, 0) is 4.79 Å². The molecule has 1 aromatic rings. The molecule has 2 atom stereocenters. The minimum absolute atomic E-state index is 0.112. The van der Waals surface area contributed by atoms with E-state index in [4.69, 9.17) is 0 Å². The van der Waals surface area contributed by atoms with Crippen LogP contribution in [0.2, 0.25) is 0 Å². The first-order chi connectivity index (χ1) is 7.91. The first kappa shape index (κ1) is 13.6. The van der Waals surface area contributed by atoms with Gasteiger partial charge in [-0.05, 0) is 24.6 Å². The summed E-state index contributed by atoms with van der Waals surface area (Å²) in [6.45, 7) is 5.28. The molecular weight excluding hydrogens is 221 g/mol. The van der Waals surface area contributed by atoms with Crippen molar-refractivity contribution in [2.75, 3.05) is 0 Å². The van der Waals surface area contributed by atoms with Gasteiger partial charge in [0.2, 0.25) is 5.91 Å².